The van der Waals surface area contributed by atoms with E-state index in [1.165, 1.54) is 5.56 Å². The molecular weight excluding hydrogens is 240 g/mol. The molecule has 108 valence electrons. The molecule has 0 aliphatic heterocycles. The zero-order valence-corrected chi connectivity index (χ0v) is 12.3. The summed E-state index contributed by atoms with van der Waals surface area (Å²) in [6.45, 7) is 10.3. The highest BCUT2D eigenvalue weighted by molar-refractivity contribution is 5.17. The summed E-state index contributed by atoms with van der Waals surface area (Å²) in [6.07, 6.45) is 2.89. The molecule has 1 rings (SSSR count). The lowest BCUT2D eigenvalue weighted by atomic mass is 10.2. The number of nitrogens with zero attached hydrogens (tertiary/aromatic N) is 1. The fraction of sp³-hybridized carbons (Fsp3) is 0.667. The smallest absolute Gasteiger partial charge is 0.213 e. The highest BCUT2D eigenvalue weighted by atomic mass is 16.5. The van der Waals surface area contributed by atoms with E-state index in [2.05, 4.69) is 31.1 Å². The average Bonchev–Trinajstić information content (AvgIpc) is 2.40. The SMILES string of the molecule is CCCOCCOc1ccc(CNCC(C)C)cn1. The predicted molar refractivity (Wildman–Crippen MR) is 77.4 cm³/mol. The first-order valence-corrected chi connectivity index (χ1v) is 7.08. The molecule has 0 radical (unpaired) electrons. The molecule has 0 aromatic carbocycles. The van der Waals surface area contributed by atoms with Gasteiger partial charge in [0.15, 0.2) is 0 Å². The van der Waals surface area contributed by atoms with E-state index in [1.54, 1.807) is 0 Å². The van der Waals surface area contributed by atoms with Crippen LogP contribution in [0.25, 0.3) is 0 Å². The van der Waals surface area contributed by atoms with Gasteiger partial charge in [0, 0.05) is 25.4 Å². The zero-order valence-electron chi connectivity index (χ0n) is 12.3. The van der Waals surface area contributed by atoms with E-state index in [1.807, 2.05) is 18.3 Å². The van der Waals surface area contributed by atoms with Gasteiger partial charge in [-0.2, -0.15) is 0 Å². The molecule has 0 amide bonds. The summed E-state index contributed by atoms with van der Waals surface area (Å²) in [5.74, 6) is 1.33. The molecule has 0 fully saturated rings. The standard InChI is InChI=1S/C15H26N2O2/c1-4-7-18-8-9-19-15-6-5-14(12-17-15)11-16-10-13(2)3/h5-6,12-13,16H,4,7-11H2,1-3H3. The number of pyridine rings is 1. The van der Waals surface area contributed by atoms with Crippen molar-refractivity contribution in [3.8, 4) is 5.88 Å². The van der Waals surface area contributed by atoms with Crippen molar-refractivity contribution in [3.63, 3.8) is 0 Å². The minimum atomic E-state index is 0.554. The molecule has 0 unspecified atom stereocenters. The van der Waals surface area contributed by atoms with Crippen molar-refractivity contribution in [1.82, 2.24) is 10.3 Å². The maximum atomic E-state index is 5.49. The lowest BCUT2D eigenvalue weighted by Gasteiger charge is -2.08. The summed E-state index contributed by atoms with van der Waals surface area (Å²) >= 11 is 0. The van der Waals surface area contributed by atoms with Gasteiger partial charge >= 0.3 is 0 Å². The summed E-state index contributed by atoms with van der Waals surface area (Å²) in [5.41, 5.74) is 1.18. The lowest BCUT2D eigenvalue weighted by molar-refractivity contribution is 0.0990. The third kappa shape index (κ3) is 7.80. The second kappa shape index (κ2) is 9.75. The van der Waals surface area contributed by atoms with Gasteiger partial charge in [-0.25, -0.2) is 4.98 Å². The Kier molecular flexibility index (Phi) is 8.18. The quantitative estimate of drug-likeness (QED) is 0.661. The van der Waals surface area contributed by atoms with Crippen LogP contribution in [0.15, 0.2) is 18.3 Å². The second-order valence-electron chi connectivity index (χ2n) is 4.99. The molecule has 0 aliphatic carbocycles. The molecule has 19 heavy (non-hydrogen) atoms. The largest absolute Gasteiger partial charge is 0.475 e. The zero-order chi connectivity index (χ0) is 13.9. The number of nitrogens with one attached hydrogen (secondary N) is 1. The fourth-order valence-corrected chi connectivity index (χ4v) is 1.56. The monoisotopic (exact) mass is 266 g/mol. The minimum absolute atomic E-state index is 0.554. The van der Waals surface area contributed by atoms with Crippen LogP contribution < -0.4 is 10.1 Å². The molecule has 0 spiro atoms. The fourth-order valence-electron chi connectivity index (χ4n) is 1.56. The van der Waals surface area contributed by atoms with Gasteiger partial charge in [-0.1, -0.05) is 26.8 Å². The molecule has 1 aromatic heterocycles. The van der Waals surface area contributed by atoms with E-state index >= 15 is 0 Å². The molecule has 0 aliphatic rings. The van der Waals surface area contributed by atoms with Crippen molar-refractivity contribution in [2.45, 2.75) is 33.7 Å². The molecule has 1 heterocycles. The normalized spacial score (nSPS) is 10.9. The van der Waals surface area contributed by atoms with Gasteiger partial charge in [-0.05, 0) is 24.4 Å². The Hall–Kier alpha value is -1.13. The molecule has 0 bridgehead atoms. The highest BCUT2D eigenvalue weighted by Gasteiger charge is 1.98. The van der Waals surface area contributed by atoms with Crippen LogP contribution in [0.3, 0.4) is 0 Å². The van der Waals surface area contributed by atoms with E-state index in [9.17, 15) is 0 Å². The molecule has 0 atom stereocenters. The Morgan fingerprint density at radius 2 is 2.05 bits per heavy atom. The molecular formula is C15H26N2O2. The van der Waals surface area contributed by atoms with Crippen LogP contribution in [-0.4, -0.2) is 31.3 Å². The van der Waals surface area contributed by atoms with Crippen molar-refractivity contribution in [2.75, 3.05) is 26.4 Å². The Balaban J connectivity index is 2.19. The first-order valence-electron chi connectivity index (χ1n) is 7.08. The Morgan fingerprint density at radius 1 is 1.21 bits per heavy atom. The lowest BCUT2D eigenvalue weighted by Crippen LogP contribution is -2.19. The van der Waals surface area contributed by atoms with Crippen LogP contribution in [0.4, 0.5) is 0 Å². The number of aromatic nitrogens is 1. The molecule has 4 nitrogen and oxygen atoms in total. The minimum Gasteiger partial charge on any atom is -0.475 e. The first kappa shape index (κ1) is 15.9. The molecule has 1 aromatic rings. The predicted octanol–water partition coefficient (Wildman–Crippen LogP) is 2.63. The van der Waals surface area contributed by atoms with Gasteiger partial charge < -0.3 is 14.8 Å². The summed E-state index contributed by atoms with van der Waals surface area (Å²) < 4.78 is 10.8. The van der Waals surface area contributed by atoms with Crippen LogP contribution in [0, 0.1) is 5.92 Å². The van der Waals surface area contributed by atoms with Crippen molar-refractivity contribution in [2.24, 2.45) is 5.92 Å². The summed E-state index contributed by atoms with van der Waals surface area (Å²) in [4.78, 5) is 4.28. The Labute approximate surface area is 116 Å². The van der Waals surface area contributed by atoms with Gasteiger partial charge in [0.05, 0.1) is 6.61 Å². The van der Waals surface area contributed by atoms with Crippen molar-refractivity contribution in [3.05, 3.63) is 23.9 Å². The molecule has 1 N–H and O–H groups in total. The topological polar surface area (TPSA) is 43.4 Å². The van der Waals surface area contributed by atoms with Crippen LogP contribution >= 0.6 is 0 Å². The van der Waals surface area contributed by atoms with Gasteiger partial charge in [-0.15, -0.1) is 0 Å². The summed E-state index contributed by atoms with van der Waals surface area (Å²) in [7, 11) is 0. The third-order valence-corrected chi connectivity index (χ3v) is 2.51. The maximum absolute atomic E-state index is 5.49. The molecule has 4 heteroatoms. The van der Waals surface area contributed by atoms with E-state index in [0.717, 1.165) is 26.1 Å². The molecule has 0 saturated carbocycles. The van der Waals surface area contributed by atoms with Gasteiger partial charge in [-0.3, -0.25) is 0 Å². The van der Waals surface area contributed by atoms with Gasteiger partial charge in [0.1, 0.15) is 6.61 Å². The van der Waals surface area contributed by atoms with Crippen molar-refractivity contribution >= 4 is 0 Å². The van der Waals surface area contributed by atoms with Crippen molar-refractivity contribution < 1.29 is 9.47 Å². The molecule has 0 saturated heterocycles. The van der Waals surface area contributed by atoms with Crippen LogP contribution in [0.2, 0.25) is 0 Å². The van der Waals surface area contributed by atoms with Crippen molar-refractivity contribution in [1.29, 1.82) is 0 Å². The third-order valence-electron chi connectivity index (χ3n) is 2.51. The highest BCUT2D eigenvalue weighted by Crippen LogP contribution is 2.07. The second-order valence-corrected chi connectivity index (χ2v) is 4.99. The van der Waals surface area contributed by atoms with Gasteiger partial charge in [0.2, 0.25) is 5.88 Å². The maximum Gasteiger partial charge on any atom is 0.213 e. The Bertz CT molecular complexity index is 325. The summed E-state index contributed by atoms with van der Waals surface area (Å²) in [6, 6.07) is 3.95. The average molecular weight is 266 g/mol. The Morgan fingerprint density at radius 3 is 2.68 bits per heavy atom. The summed E-state index contributed by atoms with van der Waals surface area (Å²) in [5, 5.41) is 3.39. The van der Waals surface area contributed by atoms with Gasteiger partial charge in [0.25, 0.3) is 0 Å². The number of ether oxygens (including phenoxy) is 2. The van der Waals surface area contributed by atoms with Crippen LogP contribution in [0.5, 0.6) is 5.88 Å². The van der Waals surface area contributed by atoms with Crippen LogP contribution in [0.1, 0.15) is 32.8 Å². The number of rotatable bonds is 10. The van der Waals surface area contributed by atoms with Crippen LogP contribution in [-0.2, 0) is 11.3 Å². The number of hydrogen-bond donors (Lipinski definition) is 1. The van der Waals surface area contributed by atoms with E-state index < -0.39 is 0 Å². The van der Waals surface area contributed by atoms with E-state index in [4.69, 9.17) is 9.47 Å². The first-order chi connectivity index (χ1) is 9.22. The van der Waals surface area contributed by atoms with E-state index in [-0.39, 0.29) is 0 Å². The van der Waals surface area contributed by atoms with E-state index in [0.29, 0.717) is 25.0 Å². The number of hydrogen-bond acceptors (Lipinski definition) is 4.